The van der Waals surface area contributed by atoms with Gasteiger partial charge in [-0.3, -0.25) is 4.90 Å². The molecule has 0 radical (unpaired) electrons. The highest BCUT2D eigenvalue weighted by molar-refractivity contribution is 5.85. The molecule has 0 bridgehead atoms. The van der Waals surface area contributed by atoms with Gasteiger partial charge in [-0.1, -0.05) is 54.6 Å². The molecule has 0 aliphatic heterocycles. The van der Waals surface area contributed by atoms with Gasteiger partial charge in [0.1, 0.15) is 0 Å². The number of methoxy groups -OCH3 is 1. The van der Waals surface area contributed by atoms with Gasteiger partial charge in [0.2, 0.25) is 0 Å². The molecule has 0 amide bonds. The predicted octanol–water partition coefficient (Wildman–Crippen LogP) is 3.22. The van der Waals surface area contributed by atoms with Gasteiger partial charge in [0.05, 0.1) is 6.61 Å². The van der Waals surface area contributed by atoms with Gasteiger partial charge in [-0.2, -0.15) is 0 Å². The fraction of sp³-hybridized carbons (Fsp3) is 0.333. The maximum absolute atomic E-state index is 5.75. The Morgan fingerprint density at radius 2 is 1.55 bits per heavy atom. The molecular formula is C18H25ClN2O. The summed E-state index contributed by atoms with van der Waals surface area (Å²) in [6.45, 7) is 4.05. The van der Waals surface area contributed by atoms with Crippen molar-refractivity contribution < 1.29 is 4.74 Å². The van der Waals surface area contributed by atoms with Crippen molar-refractivity contribution in [3.8, 4) is 0 Å². The second-order valence-electron chi connectivity index (χ2n) is 5.24. The molecule has 2 aromatic carbocycles. The van der Waals surface area contributed by atoms with E-state index in [1.807, 2.05) is 6.07 Å². The summed E-state index contributed by atoms with van der Waals surface area (Å²) in [5.41, 5.74) is 9.58. The van der Waals surface area contributed by atoms with E-state index in [0.29, 0.717) is 13.2 Å². The number of nitrogens with zero attached hydrogens (tertiary/aromatic N) is 1. The Kier molecular flexibility index (Phi) is 8.78. The standard InChI is InChI=1S/C18H24N2O.ClH/c1-21-15-18-9-5-8-17(12-18)14-20(11-10-19)13-16-6-3-2-4-7-16;/h2-9,12H,10-11,13-15,19H2,1H3;1H. The van der Waals surface area contributed by atoms with Gasteiger partial charge in [0.15, 0.2) is 0 Å². The summed E-state index contributed by atoms with van der Waals surface area (Å²) in [5, 5.41) is 0. The lowest BCUT2D eigenvalue weighted by Gasteiger charge is -2.22. The fourth-order valence-electron chi connectivity index (χ4n) is 2.48. The Labute approximate surface area is 139 Å². The molecular weight excluding hydrogens is 296 g/mol. The summed E-state index contributed by atoms with van der Waals surface area (Å²) < 4.78 is 5.20. The van der Waals surface area contributed by atoms with Gasteiger partial charge in [0.25, 0.3) is 0 Å². The summed E-state index contributed by atoms with van der Waals surface area (Å²) in [7, 11) is 1.73. The van der Waals surface area contributed by atoms with Crippen LogP contribution >= 0.6 is 12.4 Å². The van der Waals surface area contributed by atoms with Crippen molar-refractivity contribution in [3.63, 3.8) is 0 Å². The van der Waals surface area contributed by atoms with Gasteiger partial charge in [-0.15, -0.1) is 12.4 Å². The molecule has 3 nitrogen and oxygen atoms in total. The number of ether oxygens (including phenoxy) is 1. The SMILES string of the molecule is COCc1cccc(CN(CCN)Cc2ccccc2)c1.Cl. The third-order valence-electron chi connectivity index (χ3n) is 3.40. The quantitative estimate of drug-likeness (QED) is 0.811. The van der Waals surface area contributed by atoms with E-state index in [4.69, 9.17) is 10.5 Å². The molecule has 0 saturated carbocycles. The molecule has 0 heterocycles. The minimum atomic E-state index is 0. The van der Waals surface area contributed by atoms with Crippen molar-refractivity contribution in [2.75, 3.05) is 20.2 Å². The van der Waals surface area contributed by atoms with Crippen LogP contribution in [0.3, 0.4) is 0 Å². The van der Waals surface area contributed by atoms with Crippen molar-refractivity contribution in [2.24, 2.45) is 5.73 Å². The van der Waals surface area contributed by atoms with Crippen LogP contribution in [0.25, 0.3) is 0 Å². The molecule has 2 rings (SSSR count). The smallest absolute Gasteiger partial charge is 0.0713 e. The Hall–Kier alpha value is -1.39. The number of rotatable bonds is 8. The second kappa shape index (κ2) is 10.4. The Bertz CT molecular complexity index is 534. The van der Waals surface area contributed by atoms with Gasteiger partial charge >= 0.3 is 0 Å². The molecule has 0 atom stereocenters. The van der Waals surface area contributed by atoms with Crippen molar-refractivity contribution in [1.29, 1.82) is 0 Å². The zero-order valence-electron chi connectivity index (χ0n) is 13.1. The average molecular weight is 321 g/mol. The Morgan fingerprint density at radius 1 is 0.909 bits per heavy atom. The Balaban J connectivity index is 0.00000242. The summed E-state index contributed by atoms with van der Waals surface area (Å²) in [6.07, 6.45) is 0. The molecule has 0 unspecified atom stereocenters. The normalized spacial score (nSPS) is 10.5. The molecule has 0 aliphatic carbocycles. The summed E-state index contributed by atoms with van der Waals surface area (Å²) in [6, 6.07) is 19.1. The van der Waals surface area contributed by atoms with Crippen molar-refractivity contribution in [3.05, 3.63) is 71.3 Å². The first-order valence-corrected chi connectivity index (χ1v) is 7.35. The van der Waals surface area contributed by atoms with E-state index in [1.165, 1.54) is 16.7 Å². The molecule has 2 aromatic rings. The molecule has 4 heteroatoms. The van der Waals surface area contributed by atoms with Crippen molar-refractivity contribution >= 4 is 12.4 Å². The second-order valence-corrected chi connectivity index (χ2v) is 5.24. The first-order valence-electron chi connectivity index (χ1n) is 7.35. The van der Waals surface area contributed by atoms with E-state index in [-0.39, 0.29) is 12.4 Å². The van der Waals surface area contributed by atoms with Gasteiger partial charge in [0, 0.05) is 33.3 Å². The summed E-state index contributed by atoms with van der Waals surface area (Å²) >= 11 is 0. The minimum Gasteiger partial charge on any atom is -0.380 e. The molecule has 2 N–H and O–H groups in total. The number of halogens is 1. The van der Waals surface area contributed by atoms with Gasteiger partial charge in [-0.25, -0.2) is 0 Å². The maximum atomic E-state index is 5.75. The number of nitrogens with two attached hydrogens (primary N) is 1. The number of benzene rings is 2. The average Bonchev–Trinajstić information content (AvgIpc) is 2.49. The van der Waals surface area contributed by atoms with Crippen LogP contribution in [0, 0.1) is 0 Å². The van der Waals surface area contributed by atoms with Crippen LogP contribution < -0.4 is 5.73 Å². The zero-order valence-corrected chi connectivity index (χ0v) is 13.9. The van der Waals surface area contributed by atoms with E-state index in [0.717, 1.165) is 19.6 Å². The van der Waals surface area contributed by atoms with Crippen LogP contribution in [0.15, 0.2) is 54.6 Å². The first kappa shape index (κ1) is 18.7. The lowest BCUT2D eigenvalue weighted by Crippen LogP contribution is -2.28. The van der Waals surface area contributed by atoms with Crippen LogP contribution in [-0.2, 0) is 24.4 Å². The van der Waals surface area contributed by atoms with Crippen molar-refractivity contribution in [2.45, 2.75) is 19.7 Å². The lowest BCUT2D eigenvalue weighted by molar-refractivity contribution is 0.184. The number of hydrogen-bond donors (Lipinski definition) is 1. The molecule has 0 spiro atoms. The van der Waals surface area contributed by atoms with Crippen LogP contribution in [0.4, 0.5) is 0 Å². The summed E-state index contributed by atoms with van der Waals surface area (Å²) in [4.78, 5) is 2.38. The predicted molar refractivity (Wildman–Crippen MR) is 94.0 cm³/mol. The third-order valence-corrected chi connectivity index (χ3v) is 3.40. The first-order chi connectivity index (χ1) is 10.3. The van der Waals surface area contributed by atoms with E-state index in [2.05, 4.69) is 53.4 Å². The monoisotopic (exact) mass is 320 g/mol. The van der Waals surface area contributed by atoms with Crippen LogP contribution in [-0.4, -0.2) is 25.1 Å². The van der Waals surface area contributed by atoms with Crippen LogP contribution in [0.1, 0.15) is 16.7 Å². The molecule has 120 valence electrons. The lowest BCUT2D eigenvalue weighted by atomic mass is 10.1. The molecule has 0 saturated heterocycles. The molecule has 0 fully saturated rings. The van der Waals surface area contributed by atoms with E-state index in [9.17, 15) is 0 Å². The van der Waals surface area contributed by atoms with Crippen molar-refractivity contribution in [1.82, 2.24) is 4.90 Å². The third kappa shape index (κ3) is 6.16. The zero-order chi connectivity index (χ0) is 14.9. The molecule has 0 aromatic heterocycles. The van der Waals surface area contributed by atoms with E-state index in [1.54, 1.807) is 7.11 Å². The Morgan fingerprint density at radius 3 is 2.23 bits per heavy atom. The largest absolute Gasteiger partial charge is 0.380 e. The molecule has 0 aliphatic rings. The van der Waals surface area contributed by atoms with E-state index >= 15 is 0 Å². The molecule has 22 heavy (non-hydrogen) atoms. The topological polar surface area (TPSA) is 38.5 Å². The fourth-order valence-corrected chi connectivity index (χ4v) is 2.48. The van der Waals surface area contributed by atoms with E-state index < -0.39 is 0 Å². The highest BCUT2D eigenvalue weighted by atomic mass is 35.5. The summed E-state index contributed by atoms with van der Waals surface area (Å²) in [5.74, 6) is 0. The highest BCUT2D eigenvalue weighted by Gasteiger charge is 2.07. The number of hydrogen-bond acceptors (Lipinski definition) is 3. The van der Waals surface area contributed by atoms with Gasteiger partial charge in [-0.05, 0) is 16.7 Å². The highest BCUT2D eigenvalue weighted by Crippen LogP contribution is 2.12. The minimum absolute atomic E-state index is 0. The van der Waals surface area contributed by atoms with Gasteiger partial charge < -0.3 is 10.5 Å². The van der Waals surface area contributed by atoms with Crippen LogP contribution in [0.2, 0.25) is 0 Å². The maximum Gasteiger partial charge on any atom is 0.0713 e. The van der Waals surface area contributed by atoms with Crippen LogP contribution in [0.5, 0.6) is 0 Å².